The number of rotatable bonds is 3. The van der Waals surface area contributed by atoms with E-state index in [1.54, 1.807) is 6.07 Å². The lowest BCUT2D eigenvalue weighted by molar-refractivity contribution is 0.486. The van der Waals surface area contributed by atoms with Crippen molar-refractivity contribution in [1.29, 1.82) is 0 Å². The van der Waals surface area contributed by atoms with E-state index < -0.39 is 0 Å². The van der Waals surface area contributed by atoms with Gasteiger partial charge in [-0.1, -0.05) is 6.07 Å². The number of benzene rings is 1. The Balaban J connectivity index is 1.71. The Kier molecular flexibility index (Phi) is 2.25. The Labute approximate surface area is 112 Å². The Morgan fingerprint density at radius 1 is 1.37 bits per heavy atom. The average molecular weight is 274 g/mol. The van der Waals surface area contributed by atoms with Gasteiger partial charge >= 0.3 is 0 Å². The first-order valence-corrected chi connectivity index (χ1v) is 6.73. The van der Waals surface area contributed by atoms with Crippen molar-refractivity contribution >= 4 is 28.5 Å². The molecule has 0 amide bonds. The van der Waals surface area contributed by atoms with Gasteiger partial charge in [-0.25, -0.2) is 9.67 Å². The Morgan fingerprint density at radius 3 is 3.05 bits per heavy atom. The fourth-order valence-electron chi connectivity index (χ4n) is 1.87. The van der Waals surface area contributed by atoms with Gasteiger partial charge in [0.2, 0.25) is 5.16 Å². The molecule has 4 rings (SSSR count). The van der Waals surface area contributed by atoms with Gasteiger partial charge in [0.15, 0.2) is 5.58 Å². The largest absolute Gasteiger partial charge is 0.431 e. The molecule has 0 spiro atoms. The molecular weight excluding hydrogens is 264 g/mol. The molecule has 96 valence electrons. The summed E-state index contributed by atoms with van der Waals surface area (Å²) < 4.78 is 7.46. The molecule has 0 atom stereocenters. The third-order valence-electron chi connectivity index (χ3n) is 2.96. The zero-order valence-corrected chi connectivity index (χ0v) is 10.7. The van der Waals surface area contributed by atoms with Crippen LogP contribution < -0.4 is 5.73 Å². The fraction of sp³-hybridized carbons (Fsp3) is 0.273. The first-order chi connectivity index (χ1) is 9.31. The number of aromatic nitrogens is 5. The number of tetrazole rings is 1. The van der Waals surface area contributed by atoms with Crippen LogP contribution >= 0.6 is 11.8 Å². The molecule has 3 aromatic rings. The van der Waals surface area contributed by atoms with E-state index in [4.69, 9.17) is 10.2 Å². The van der Waals surface area contributed by atoms with Crippen molar-refractivity contribution in [3.63, 3.8) is 0 Å². The van der Waals surface area contributed by atoms with Gasteiger partial charge in [-0.2, -0.15) is 0 Å². The summed E-state index contributed by atoms with van der Waals surface area (Å²) in [4.78, 5) is 4.37. The molecular formula is C11H10N6OS. The SMILES string of the molecule is Nc1cccc2oc(Sc3nnnn3C3CC3)nc12. The third kappa shape index (κ3) is 1.84. The zero-order valence-electron chi connectivity index (χ0n) is 9.85. The normalized spacial score (nSPS) is 15.2. The summed E-state index contributed by atoms with van der Waals surface area (Å²) in [5.41, 5.74) is 7.81. The first-order valence-electron chi connectivity index (χ1n) is 5.92. The molecule has 1 fully saturated rings. The molecule has 0 radical (unpaired) electrons. The highest BCUT2D eigenvalue weighted by Crippen LogP contribution is 2.38. The second-order valence-corrected chi connectivity index (χ2v) is 5.33. The summed E-state index contributed by atoms with van der Waals surface area (Å²) in [5, 5.41) is 12.9. The number of hydrogen-bond acceptors (Lipinski definition) is 7. The van der Waals surface area contributed by atoms with Gasteiger partial charge in [0.25, 0.3) is 5.22 Å². The van der Waals surface area contributed by atoms with Crippen molar-refractivity contribution in [2.24, 2.45) is 0 Å². The van der Waals surface area contributed by atoms with Crippen molar-refractivity contribution in [1.82, 2.24) is 25.2 Å². The number of nitrogen functional groups attached to an aromatic ring is 1. The van der Waals surface area contributed by atoms with Crippen LogP contribution in [0.4, 0.5) is 5.69 Å². The van der Waals surface area contributed by atoms with Crippen LogP contribution in [0.15, 0.2) is 33.0 Å². The molecule has 2 heterocycles. The smallest absolute Gasteiger partial charge is 0.264 e. The molecule has 1 aliphatic carbocycles. The molecule has 1 saturated carbocycles. The van der Waals surface area contributed by atoms with Crippen molar-refractivity contribution < 1.29 is 4.42 Å². The molecule has 8 heteroatoms. The van der Waals surface area contributed by atoms with Crippen LogP contribution in [0.5, 0.6) is 0 Å². The molecule has 7 nitrogen and oxygen atoms in total. The van der Waals surface area contributed by atoms with E-state index >= 15 is 0 Å². The van der Waals surface area contributed by atoms with E-state index in [0.717, 1.165) is 12.8 Å². The van der Waals surface area contributed by atoms with Crippen LogP contribution in [0.25, 0.3) is 11.1 Å². The highest BCUT2D eigenvalue weighted by Gasteiger charge is 2.28. The van der Waals surface area contributed by atoms with Crippen LogP contribution in [0.2, 0.25) is 0 Å². The summed E-state index contributed by atoms with van der Waals surface area (Å²) in [6.45, 7) is 0. The second kappa shape index (κ2) is 3.95. The molecule has 0 bridgehead atoms. The molecule has 2 N–H and O–H groups in total. The number of para-hydroxylation sites is 1. The predicted molar refractivity (Wildman–Crippen MR) is 68.6 cm³/mol. The lowest BCUT2D eigenvalue weighted by Gasteiger charge is -1.97. The van der Waals surface area contributed by atoms with E-state index in [2.05, 4.69) is 20.5 Å². The van der Waals surface area contributed by atoms with E-state index in [1.165, 1.54) is 11.8 Å². The van der Waals surface area contributed by atoms with Gasteiger partial charge in [0.1, 0.15) is 5.52 Å². The summed E-state index contributed by atoms with van der Waals surface area (Å²) in [6.07, 6.45) is 2.25. The molecule has 1 aromatic carbocycles. The van der Waals surface area contributed by atoms with E-state index in [9.17, 15) is 0 Å². The summed E-state index contributed by atoms with van der Waals surface area (Å²) in [6, 6.07) is 5.90. The van der Waals surface area contributed by atoms with Crippen LogP contribution in [0.1, 0.15) is 18.9 Å². The van der Waals surface area contributed by atoms with Crippen molar-refractivity contribution in [3.05, 3.63) is 18.2 Å². The molecule has 0 saturated heterocycles. The maximum atomic E-state index is 5.85. The van der Waals surface area contributed by atoms with Gasteiger partial charge in [-0.3, -0.25) is 0 Å². The van der Waals surface area contributed by atoms with Gasteiger partial charge < -0.3 is 10.2 Å². The second-order valence-electron chi connectivity index (χ2n) is 4.41. The number of fused-ring (bicyclic) bond motifs is 1. The van der Waals surface area contributed by atoms with Crippen LogP contribution in [-0.2, 0) is 0 Å². The van der Waals surface area contributed by atoms with Crippen molar-refractivity contribution in [3.8, 4) is 0 Å². The lowest BCUT2D eigenvalue weighted by Crippen LogP contribution is -1.98. The minimum Gasteiger partial charge on any atom is -0.431 e. The molecule has 19 heavy (non-hydrogen) atoms. The standard InChI is InChI=1S/C11H10N6OS/c12-7-2-1-3-8-9(7)13-11(18-8)19-10-14-15-16-17(10)6-4-5-6/h1-3,6H,4-5,12H2. The van der Waals surface area contributed by atoms with Crippen molar-refractivity contribution in [2.75, 3.05) is 5.73 Å². The number of hydrogen-bond donors (Lipinski definition) is 1. The summed E-state index contributed by atoms with van der Waals surface area (Å²) in [7, 11) is 0. The lowest BCUT2D eigenvalue weighted by atomic mass is 10.3. The van der Waals surface area contributed by atoms with Crippen LogP contribution in [-0.4, -0.2) is 25.2 Å². The minimum atomic E-state index is 0.423. The highest BCUT2D eigenvalue weighted by atomic mass is 32.2. The maximum absolute atomic E-state index is 5.85. The topological polar surface area (TPSA) is 95.6 Å². The highest BCUT2D eigenvalue weighted by molar-refractivity contribution is 7.99. The van der Waals surface area contributed by atoms with Gasteiger partial charge in [0, 0.05) is 11.8 Å². The zero-order chi connectivity index (χ0) is 12.8. The number of nitrogens with zero attached hydrogens (tertiary/aromatic N) is 5. The number of anilines is 1. The molecule has 1 aliphatic rings. The Morgan fingerprint density at radius 2 is 2.26 bits per heavy atom. The fourth-order valence-corrected chi connectivity index (χ4v) is 2.65. The quantitative estimate of drug-likeness (QED) is 0.728. The predicted octanol–water partition coefficient (Wildman–Crippen LogP) is 1.88. The Hall–Kier alpha value is -2.09. The maximum Gasteiger partial charge on any atom is 0.264 e. The van der Waals surface area contributed by atoms with Crippen molar-refractivity contribution in [2.45, 2.75) is 29.3 Å². The molecule has 0 aliphatic heterocycles. The molecule has 0 unspecified atom stereocenters. The van der Waals surface area contributed by atoms with E-state index in [0.29, 0.717) is 33.2 Å². The van der Waals surface area contributed by atoms with Gasteiger partial charge in [-0.15, -0.1) is 5.10 Å². The van der Waals surface area contributed by atoms with E-state index in [-0.39, 0.29) is 0 Å². The third-order valence-corrected chi connectivity index (χ3v) is 3.77. The number of oxazole rings is 1. The summed E-state index contributed by atoms with van der Waals surface area (Å²) in [5.74, 6) is 0. The Bertz CT molecular complexity index is 747. The van der Waals surface area contributed by atoms with Gasteiger partial charge in [0.05, 0.1) is 11.7 Å². The average Bonchev–Trinajstić information content (AvgIpc) is 2.99. The van der Waals surface area contributed by atoms with E-state index in [1.807, 2.05) is 16.8 Å². The van der Waals surface area contributed by atoms with Crippen LogP contribution in [0.3, 0.4) is 0 Å². The minimum absolute atomic E-state index is 0.423. The van der Waals surface area contributed by atoms with Crippen LogP contribution in [0, 0.1) is 0 Å². The van der Waals surface area contributed by atoms with Gasteiger partial charge in [-0.05, 0) is 35.4 Å². The number of nitrogens with two attached hydrogens (primary N) is 1. The summed E-state index contributed by atoms with van der Waals surface area (Å²) >= 11 is 1.32. The first kappa shape index (κ1) is 10.8. The molecule has 2 aromatic heterocycles. The monoisotopic (exact) mass is 274 g/mol.